The summed E-state index contributed by atoms with van der Waals surface area (Å²) in [7, 11) is 0. The summed E-state index contributed by atoms with van der Waals surface area (Å²) in [6.07, 6.45) is 36.2. The van der Waals surface area contributed by atoms with Crippen LogP contribution in [-0.2, 0) is 4.74 Å². The molecule has 0 rings (SSSR count). The highest BCUT2D eigenvalue weighted by atomic mass is 16.5. The summed E-state index contributed by atoms with van der Waals surface area (Å²) in [4.78, 5) is 0. The molecule has 0 heterocycles. The Kier molecular flexibility index (Phi) is 27.1. The molecule has 0 aromatic rings. The van der Waals surface area contributed by atoms with Crippen molar-refractivity contribution in [1.82, 2.24) is 0 Å². The summed E-state index contributed by atoms with van der Waals surface area (Å²) in [5.74, 6) is 0. The Balaban J connectivity index is 3.56. The Morgan fingerprint density at radius 2 is 0.838 bits per heavy atom. The minimum absolute atomic E-state index is 0.782. The van der Waals surface area contributed by atoms with Crippen LogP contribution in [0.2, 0.25) is 0 Å². The molecular formula is C36H66O. The van der Waals surface area contributed by atoms with Crippen LogP contribution in [0.4, 0.5) is 0 Å². The van der Waals surface area contributed by atoms with Crippen LogP contribution in [0.25, 0.3) is 0 Å². The second-order valence-electron chi connectivity index (χ2n) is 11.7. The Hall–Kier alpha value is -1.08. The van der Waals surface area contributed by atoms with Crippen molar-refractivity contribution in [2.75, 3.05) is 13.2 Å². The van der Waals surface area contributed by atoms with E-state index in [1.807, 2.05) is 0 Å². The van der Waals surface area contributed by atoms with Crippen molar-refractivity contribution in [2.24, 2.45) is 0 Å². The fourth-order valence-corrected chi connectivity index (χ4v) is 4.67. The van der Waals surface area contributed by atoms with E-state index in [9.17, 15) is 0 Å². The first-order valence-electron chi connectivity index (χ1n) is 16.1. The van der Waals surface area contributed by atoms with Gasteiger partial charge in [-0.3, -0.25) is 0 Å². The molecule has 0 aliphatic carbocycles. The van der Waals surface area contributed by atoms with Gasteiger partial charge in [-0.2, -0.15) is 0 Å². The number of hydrogen-bond acceptors (Lipinski definition) is 1. The Bertz CT molecular complexity index is 615. The maximum absolute atomic E-state index is 5.85. The van der Waals surface area contributed by atoms with Gasteiger partial charge in [0.2, 0.25) is 0 Å². The van der Waals surface area contributed by atoms with E-state index in [2.05, 4.69) is 65.8 Å². The normalized spacial score (nSPS) is 12.9. The molecule has 0 aromatic heterocycles. The Morgan fingerprint density at radius 1 is 0.459 bits per heavy atom. The molecule has 0 radical (unpaired) electrons. The first kappa shape index (κ1) is 35.9. The molecule has 0 N–H and O–H groups in total. The largest absolute Gasteiger partial charge is 0.377 e. The summed E-state index contributed by atoms with van der Waals surface area (Å²) in [6.45, 7) is 15.2. The molecule has 0 aliphatic heterocycles. The van der Waals surface area contributed by atoms with Gasteiger partial charge in [0, 0.05) is 6.61 Å². The minimum Gasteiger partial charge on any atom is -0.377 e. The van der Waals surface area contributed by atoms with Gasteiger partial charge in [-0.05, 0) is 79.6 Å². The van der Waals surface area contributed by atoms with Gasteiger partial charge in [0.15, 0.2) is 0 Å². The van der Waals surface area contributed by atoms with Gasteiger partial charge in [-0.1, -0.05) is 137 Å². The van der Waals surface area contributed by atoms with Crippen LogP contribution in [0, 0.1) is 0 Å². The smallest absolute Gasteiger partial charge is 0.0649 e. The van der Waals surface area contributed by atoms with Gasteiger partial charge >= 0.3 is 0 Å². The summed E-state index contributed by atoms with van der Waals surface area (Å²) in [5.41, 5.74) is 5.93. The topological polar surface area (TPSA) is 9.23 Å². The lowest BCUT2D eigenvalue weighted by atomic mass is 10.0. The summed E-state index contributed by atoms with van der Waals surface area (Å²) < 4.78 is 5.85. The van der Waals surface area contributed by atoms with Crippen LogP contribution in [0.5, 0.6) is 0 Å². The standard InChI is InChI=1S/C36H66O/c1-7-8-9-10-11-12-13-14-15-16-17-18-19-20-31-37-32-30-36(6)29-23-28-35(5)27-22-26-34(4)25-21-24-33(2)3/h24,26,28,30H,7-23,25,27,29,31-32H2,1-6H3/b34-26+,35-28+,36-30+. The summed E-state index contributed by atoms with van der Waals surface area (Å²) in [6, 6.07) is 0. The molecule has 0 saturated heterocycles. The summed E-state index contributed by atoms with van der Waals surface area (Å²) >= 11 is 0. The molecule has 1 heteroatoms. The SMILES string of the molecule is CCCCCCCCCCCCCCCCOC/C=C(\C)CC/C=C(\C)CC/C=C(\C)CCC=C(C)C. The third-order valence-corrected chi connectivity index (χ3v) is 7.35. The number of ether oxygens (including phenoxy) is 1. The third-order valence-electron chi connectivity index (χ3n) is 7.35. The van der Waals surface area contributed by atoms with E-state index in [4.69, 9.17) is 4.74 Å². The van der Waals surface area contributed by atoms with E-state index in [0.717, 1.165) is 26.1 Å². The molecule has 37 heavy (non-hydrogen) atoms. The van der Waals surface area contributed by atoms with Gasteiger partial charge in [-0.15, -0.1) is 0 Å². The molecule has 0 fully saturated rings. The Morgan fingerprint density at radius 3 is 1.27 bits per heavy atom. The number of hydrogen-bond donors (Lipinski definition) is 0. The zero-order chi connectivity index (χ0) is 27.4. The zero-order valence-electron chi connectivity index (χ0n) is 26.3. The monoisotopic (exact) mass is 515 g/mol. The predicted octanol–water partition coefficient (Wildman–Crippen LogP) is 12.6. The van der Waals surface area contributed by atoms with E-state index in [-0.39, 0.29) is 0 Å². The molecule has 0 aromatic carbocycles. The first-order valence-corrected chi connectivity index (χ1v) is 16.1. The third kappa shape index (κ3) is 29.3. The van der Waals surface area contributed by atoms with Crippen molar-refractivity contribution in [3.05, 3.63) is 46.6 Å². The Labute approximate surface area is 234 Å². The highest BCUT2D eigenvalue weighted by Gasteiger charge is 1.96. The van der Waals surface area contributed by atoms with E-state index >= 15 is 0 Å². The number of unbranched alkanes of at least 4 members (excludes halogenated alkanes) is 13. The molecule has 1 nitrogen and oxygen atoms in total. The quantitative estimate of drug-likeness (QED) is 0.0823. The molecule has 216 valence electrons. The molecule has 0 aliphatic rings. The van der Waals surface area contributed by atoms with Gasteiger partial charge < -0.3 is 4.74 Å². The van der Waals surface area contributed by atoms with Crippen LogP contribution in [-0.4, -0.2) is 13.2 Å². The van der Waals surface area contributed by atoms with Gasteiger partial charge in [0.05, 0.1) is 6.61 Å². The maximum atomic E-state index is 5.85. The molecule has 0 bridgehead atoms. The van der Waals surface area contributed by atoms with Crippen molar-refractivity contribution in [2.45, 2.75) is 170 Å². The lowest BCUT2D eigenvalue weighted by Crippen LogP contribution is -1.95. The number of allylic oxidation sites excluding steroid dienone is 7. The van der Waals surface area contributed by atoms with Crippen molar-refractivity contribution >= 4 is 0 Å². The van der Waals surface area contributed by atoms with E-state index in [0.29, 0.717) is 0 Å². The molecule has 0 amide bonds. The second kappa shape index (κ2) is 27.9. The molecule has 0 spiro atoms. The predicted molar refractivity (Wildman–Crippen MR) is 170 cm³/mol. The number of rotatable bonds is 26. The van der Waals surface area contributed by atoms with Crippen molar-refractivity contribution in [3.63, 3.8) is 0 Å². The fourth-order valence-electron chi connectivity index (χ4n) is 4.67. The molecule has 0 unspecified atom stereocenters. The highest BCUT2D eigenvalue weighted by molar-refractivity contribution is 5.07. The summed E-state index contributed by atoms with van der Waals surface area (Å²) in [5, 5.41) is 0. The minimum atomic E-state index is 0.782. The highest BCUT2D eigenvalue weighted by Crippen LogP contribution is 2.15. The van der Waals surface area contributed by atoms with Gasteiger partial charge in [0.1, 0.15) is 0 Å². The lowest BCUT2D eigenvalue weighted by molar-refractivity contribution is 0.156. The molecule has 0 atom stereocenters. The molecular weight excluding hydrogens is 448 g/mol. The van der Waals surface area contributed by atoms with Crippen LogP contribution >= 0.6 is 0 Å². The van der Waals surface area contributed by atoms with Crippen molar-refractivity contribution in [1.29, 1.82) is 0 Å². The average molecular weight is 515 g/mol. The van der Waals surface area contributed by atoms with Gasteiger partial charge in [-0.25, -0.2) is 0 Å². The van der Waals surface area contributed by atoms with E-state index < -0.39 is 0 Å². The van der Waals surface area contributed by atoms with E-state index in [1.54, 1.807) is 0 Å². The van der Waals surface area contributed by atoms with E-state index in [1.165, 1.54) is 138 Å². The lowest BCUT2D eigenvalue weighted by Gasteiger charge is -2.05. The van der Waals surface area contributed by atoms with Crippen molar-refractivity contribution < 1.29 is 4.74 Å². The fraction of sp³-hybridized carbons (Fsp3) is 0.778. The first-order chi connectivity index (χ1) is 18.0. The second-order valence-corrected chi connectivity index (χ2v) is 11.7. The van der Waals surface area contributed by atoms with Gasteiger partial charge in [0.25, 0.3) is 0 Å². The van der Waals surface area contributed by atoms with Crippen molar-refractivity contribution in [3.8, 4) is 0 Å². The molecule has 0 saturated carbocycles. The van der Waals surface area contributed by atoms with Crippen LogP contribution in [0.3, 0.4) is 0 Å². The van der Waals surface area contributed by atoms with Crippen LogP contribution in [0.1, 0.15) is 170 Å². The maximum Gasteiger partial charge on any atom is 0.0649 e. The van der Waals surface area contributed by atoms with Crippen LogP contribution < -0.4 is 0 Å². The van der Waals surface area contributed by atoms with Crippen LogP contribution in [0.15, 0.2) is 46.6 Å². The average Bonchev–Trinajstić information content (AvgIpc) is 2.85. The zero-order valence-corrected chi connectivity index (χ0v) is 26.3.